The van der Waals surface area contributed by atoms with Gasteiger partial charge in [0.2, 0.25) is 11.7 Å². The number of hydrogen-bond donors (Lipinski definition) is 0. The minimum Gasteiger partial charge on any atom is -0.497 e. The van der Waals surface area contributed by atoms with E-state index < -0.39 is 0 Å². The van der Waals surface area contributed by atoms with Gasteiger partial charge in [-0.1, -0.05) is 42.4 Å². The second kappa shape index (κ2) is 7.95. The Labute approximate surface area is 169 Å². The highest BCUT2D eigenvalue weighted by molar-refractivity contribution is 5.95. The summed E-state index contributed by atoms with van der Waals surface area (Å²) < 4.78 is 16.1. The number of methoxy groups -OCH3 is 2. The molecule has 1 amide bonds. The Morgan fingerprint density at radius 2 is 1.76 bits per heavy atom. The number of carbonyl (C=O) groups excluding carboxylic acids is 1. The molecule has 0 spiro atoms. The third kappa shape index (κ3) is 3.81. The summed E-state index contributed by atoms with van der Waals surface area (Å²) in [5.74, 6) is 2.43. The molecule has 0 aliphatic carbocycles. The number of ether oxygens (including phenoxy) is 2. The topological polar surface area (TPSA) is 77.7 Å². The Morgan fingerprint density at radius 3 is 2.41 bits per heavy atom. The molecule has 0 radical (unpaired) electrons. The largest absolute Gasteiger partial charge is 0.497 e. The van der Waals surface area contributed by atoms with Gasteiger partial charge in [0.15, 0.2) is 0 Å². The van der Waals surface area contributed by atoms with E-state index in [2.05, 4.69) is 17.1 Å². The Morgan fingerprint density at radius 1 is 1.07 bits per heavy atom. The predicted molar refractivity (Wildman–Crippen MR) is 107 cm³/mol. The molecule has 2 heterocycles. The van der Waals surface area contributed by atoms with Crippen LogP contribution in [-0.2, 0) is 0 Å². The highest BCUT2D eigenvalue weighted by Crippen LogP contribution is 2.34. The summed E-state index contributed by atoms with van der Waals surface area (Å²) in [6, 6.07) is 14.9. The summed E-state index contributed by atoms with van der Waals surface area (Å²) in [6.07, 6.45) is 0. The lowest BCUT2D eigenvalue weighted by atomic mass is 9.98. The van der Waals surface area contributed by atoms with Crippen LogP contribution in [0.25, 0.3) is 11.4 Å². The maximum Gasteiger partial charge on any atom is 0.254 e. The lowest BCUT2D eigenvalue weighted by Gasteiger charge is -2.17. The predicted octanol–water partition coefficient (Wildman–Crippen LogP) is 3.63. The molecule has 7 heteroatoms. The molecule has 1 aliphatic rings. The van der Waals surface area contributed by atoms with Gasteiger partial charge in [-0.25, -0.2) is 0 Å². The molecular weight excluding hydrogens is 370 g/mol. The molecule has 1 saturated heterocycles. The van der Waals surface area contributed by atoms with Gasteiger partial charge in [-0.2, -0.15) is 4.98 Å². The van der Waals surface area contributed by atoms with E-state index in [1.165, 1.54) is 0 Å². The van der Waals surface area contributed by atoms with Gasteiger partial charge in [0.05, 0.1) is 20.1 Å². The van der Waals surface area contributed by atoms with Crippen LogP contribution in [0, 0.1) is 5.92 Å². The lowest BCUT2D eigenvalue weighted by molar-refractivity contribution is 0.0785. The fourth-order valence-corrected chi connectivity index (χ4v) is 3.66. The molecule has 0 bridgehead atoms. The van der Waals surface area contributed by atoms with Crippen LogP contribution in [0.3, 0.4) is 0 Å². The number of rotatable bonds is 5. The van der Waals surface area contributed by atoms with Crippen LogP contribution in [0.5, 0.6) is 11.5 Å². The quantitative estimate of drug-likeness (QED) is 0.659. The SMILES string of the molecule is COc1cc(OC)cc(C(=O)N2C[C@H](c3nc(-c4ccccc4)no3)[C@@H](C)C2)c1. The van der Waals surface area contributed by atoms with Gasteiger partial charge < -0.3 is 18.9 Å². The third-order valence-electron chi connectivity index (χ3n) is 5.29. The molecular formula is C22H23N3O4. The van der Waals surface area contributed by atoms with Crippen LogP contribution in [-0.4, -0.2) is 48.3 Å². The van der Waals surface area contributed by atoms with Crippen molar-refractivity contribution in [2.75, 3.05) is 27.3 Å². The molecule has 3 aromatic rings. The van der Waals surface area contributed by atoms with E-state index in [1.807, 2.05) is 35.2 Å². The number of aromatic nitrogens is 2. The Bertz CT molecular complexity index is 980. The monoisotopic (exact) mass is 393 g/mol. The van der Waals surface area contributed by atoms with Gasteiger partial charge in [-0.05, 0) is 18.1 Å². The van der Waals surface area contributed by atoms with E-state index >= 15 is 0 Å². The van der Waals surface area contributed by atoms with Crippen LogP contribution in [0.2, 0.25) is 0 Å². The van der Waals surface area contributed by atoms with Crippen LogP contribution >= 0.6 is 0 Å². The molecule has 2 atom stereocenters. The minimum atomic E-state index is -0.0700. The fraction of sp³-hybridized carbons (Fsp3) is 0.318. The van der Waals surface area contributed by atoms with E-state index in [4.69, 9.17) is 14.0 Å². The van der Waals surface area contributed by atoms with Crippen molar-refractivity contribution >= 4 is 5.91 Å². The first-order valence-corrected chi connectivity index (χ1v) is 9.50. The zero-order chi connectivity index (χ0) is 20.4. The van der Waals surface area contributed by atoms with Crippen molar-refractivity contribution in [2.24, 2.45) is 5.92 Å². The molecule has 4 rings (SSSR count). The van der Waals surface area contributed by atoms with Crippen molar-refractivity contribution in [3.05, 3.63) is 60.0 Å². The summed E-state index contributed by atoms with van der Waals surface area (Å²) in [6.45, 7) is 3.23. The average molecular weight is 393 g/mol. The zero-order valence-corrected chi connectivity index (χ0v) is 16.7. The first kappa shape index (κ1) is 19.0. The van der Waals surface area contributed by atoms with Crippen LogP contribution < -0.4 is 9.47 Å². The van der Waals surface area contributed by atoms with Crippen LogP contribution in [0.15, 0.2) is 53.1 Å². The van der Waals surface area contributed by atoms with E-state index in [0.29, 0.717) is 41.9 Å². The van der Waals surface area contributed by atoms with Crippen molar-refractivity contribution in [2.45, 2.75) is 12.8 Å². The Balaban J connectivity index is 1.53. The van der Waals surface area contributed by atoms with Crippen molar-refractivity contribution < 1.29 is 18.8 Å². The molecule has 150 valence electrons. The second-order valence-corrected chi connectivity index (χ2v) is 7.22. The maximum absolute atomic E-state index is 13.1. The standard InChI is InChI=1S/C22H23N3O4/c1-14-12-25(22(26)16-9-17(27-2)11-18(10-16)28-3)13-19(14)21-23-20(24-29-21)15-7-5-4-6-8-15/h4-11,14,19H,12-13H2,1-3H3/t14-,19-/m0/s1. The molecule has 1 fully saturated rings. The van der Waals surface area contributed by atoms with Gasteiger partial charge in [0.1, 0.15) is 11.5 Å². The molecule has 29 heavy (non-hydrogen) atoms. The van der Waals surface area contributed by atoms with E-state index in [1.54, 1.807) is 32.4 Å². The van der Waals surface area contributed by atoms with Gasteiger partial charge in [-0.3, -0.25) is 4.79 Å². The number of nitrogens with zero attached hydrogens (tertiary/aromatic N) is 3. The first-order chi connectivity index (χ1) is 14.1. The summed E-state index contributed by atoms with van der Waals surface area (Å²) in [5.41, 5.74) is 1.44. The fourth-order valence-electron chi connectivity index (χ4n) is 3.66. The Kier molecular flexibility index (Phi) is 5.20. The normalized spacial score (nSPS) is 18.7. The number of hydrogen-bond acceptors (Lipinski definition) is 6. The molecule has 1 aliphatic heterocycles. The van der Waals surface area contributed by atoms with Gasteiger partial charge in [0, 0.05) is 30.3 Å². The van der Waals surface area contributed by atoms with E-state index in [0.717, 1.165) is 5.56 Å². The number of carbonyl (C=O) groups is 1. The summed E-state index contributed by atoms with van der Waals surface area (Å²) in [5, 5.41) is 4.12. The minimum absolute atomic E-state index is 0.00332. The lowest BCUT2D eigenvalue weighted by Crippen LogP contribution is -2.28. The summed E-state index contributed by atoms with van der Waals surface area (Å²) in [4.78, 5) is 19.5. The number of amides is 1. The molecule has 7 nitrogen and oxygen atoms in total. The highest BCUT2D eigenvalue weighted by atomic mass is 16.5. The van der Waals surface area contributed by atoms with Crippen molar-refractivity contribution in [1.29, 1.82) is 0 Å². The van der Waals surface area contributed by atoms with E-state index in [9.17, 15) is 4.79 Å². The molecule has 0 saturated carbocycles. The highest BCUT2D eigenvalue weighted by Gasteiger charge is 2.37. The van der Waals surface area contributed by atoms with E-state index in [-0.39, 0.29) is 17.7 Å². The molecule has 0 N–H and O–H groups in total. The Hall–Kier alpha value is -3.35. The molecule has 2 aromatic carbocycles. The van der Waals surface area contributed by atoms with Crippen LogP contribution in [0.4, 0.5) is 0 Å². The van der Waals surface area contributed by atoms with Gasteiger partial charge in [0.25, 0.3) is 5.91 Å². The van der Waals surface area contributed by atoms with Crippen molar-refractivity contribution in [3.8, 4) is 22.9 Å². The maximum atomic E-state index is 13.1. The number of benzene rings is 2. The average Bonchev–Trinajstić information content (AvgIpc) is 3.40. The molecule has 1 aromatic heterocycles. The van der Waals surface area contributed by atoms with Crippen LogP contribution in [0.1, 0.15) is 29.1 Å². The van der Waals surface area contributed by atoms with Crippen molar-refractivity contribution in [1.82, 2.24) is 15.0 Å². The summed E-state index contributed by atoms with van der Waals surface area (Å²) >= 11 is 0. The second-order valence-electron chi connectivity index (χ2n) is 7.22. The first-order valence-electron chi connectivity index (χ1n) is 9.50. The van der Waals surface area contributed by atoms with Gasteiger partial charge >= 0.3 is 0 Å². The zero-order valence-electron chi connectivity index (χ0n) is 16.7. The van der Waals surface area contributed by atoms with Crippen molar-refractivity contribution in [3.63, 3.8) is 0 Å². The van der Waals surface area contributed by atoms with Gasteiger partial charge in [-0.15, -0.1) is 0 Å². The third-order valence-corrected chi connectivity index (χ3v) is 5.29. The summed E-state index contributed by atoms with van der Waals surface area (Å²) in [7, 11) is 3.13. The molecule has 0 unspecified atom stereocenters. The smallest absolute Gasteiger partial charge is 0.254 e. The number of likely N-dealkylation sites (tertiary alicyclic amines) is 1.